The van der Waals surface area contributed by atoms with Crippen LogP contribution in [0.3, 0.4) is 0 Å². The second-order valence-electron chi connectivity index (χ2n) is 6.90. The molecule has 0 aliphatic carbocycles. The number of ether oxygens (including phenoxy) is 1. The number of anilines is 1. The van der Waals surface area contributed by atoms with Crippen molar-refractivity contribution in [2.45, 2.75) is 11.4 Å². The molecule has 0 spiro atoms. The molecule has 0 unspecified atom stereocenters. The quantitative estimate of drug-likeness (QED) is 0.479. The molecular weight excluding hydrogens is 436 g/mol. The SMILES string of the molecule is COc1ccc(C(=O)CNc2ccc(S(=O)(=O)N(C)Cc3ccccc3)cc2)cc1Cl. The van der Waals surface area contributed by atoms with Crippen LogP contribution < -0.4 is 10.1 Å². The maximum atomic E-state index is 12.8. The molecule has 31 heavy (non-hydrogen) atoms. The van der Waals surface area contributed by atoms with Crippen LogP contribution in [0.5, 0.6) is 5.75 Å². The lowest BCUT2D eigenvalue weighted by molar-refractivity contribution is 0.101. The Hall–Kier alpha value is -2.87. The number of ketones is 1. The van der Waals surface area contributed by atoms with Crippen molar-refractivity contribution in [3.8, 4) is 5.75 Å². The molecule has 0 aliphatic rings. The summed E-state index contributed by atoms with van der Waals surface area (Å²) in [7, 11) is -0.571. The molecule has 1 N–H and O–H groups in total. The van der Waals surface area contributed by atoms with E-state index in [0.717, 1.165) is 5.56 Å². The van der Waals surface area contributed by atoms with Gasteiger partial charge in [-0.05, 0) is 48.0 Å². The van der Waals surface area contributed by atoms with E-state index in [9.17, 15) is 13.2 Å². The van der Waals surface area contributed by atoms with Crippen molar-refractivity contribution in [2.75, 3.05) is 26.0 Å². The summed E-state index contributed by atoms with van der Waals surface area (Å²) in [5.41, 5.74) is 2.00. The molecule has 0 heterocycles. The van der Waals surface area contributed by atoms with E-state index in [1.807, 2.05) is 30.3 Å². The van der Waals surface area contributed by atoms with Crippen LogP contribution >= 0.6 is 11.6 Å². The number of sulfonamides is 1. The predicted octanol–water partition coefficient (Wildman–Crippen LogP) is 4.46. The highest BCUT2D eigenvalue weighted by Crippen LogP contribution is 2.25. The van der Waals surface area contributed by atoms with Crippen LogP contribution in [-0.4, -0.2) is 39.2 Å². The minimum absolute atomic E-state index is 0.0443. The zero-order valence-corrected chi connectivity index (χ0v) is 18.8. The molecule has 6 nitrogen and oxygen atoms in total. The van der Waals surface area contributed by atoms with Gasteiger partial charge >= 0.3 is 0 Å². The number of rotatable bonds is 9. The summed E-state index contributed by atoms with van der Waals surface area (Å²) in [5.74, 6) is 0.351. The van der Waals surface area contributed by atoms with Gasteiger partial charge in [-0.2, -0.15) is 4.31 Å². The minimum atomic E-state index is -3.63. The van der Waals surface area contributed by atoms with Crippen molar-refractivity contribution in [1.29, 1.82) is 0 Å². The Labute approximate surface area is 187 Å². The molecule has 3 aromatic rings. The number of benzene rings is 3. The standard InChI is InChI=1S/C23H23ClN2O4S/c1-26(16-17-6-4-3-5-7-17)31(28,29)20-11-9-19(10-12-20)25-15-22(27)18-8-13-23(30-2)21(24)14-18/h3-14,25H,15-16H2,1-2H3. The lowest BCUT2D eigenvalue weighted by Crippen LogP contribution is -2.26. The molecular formula is C23H23ClN2O4S. The van der Waals surface area contributed by atoms with Crippen LogP contribution in [0.4, 0.5) is 5.69 Å². The average Bonchev–Trinajstić information content (AvgIpc) is 2.78. The smallest absolute Gasteiger partial charge is 0.243 e. The van der Waals surface area contributed by atoms with Gasteiger partial charge in [0.25, 0.3) is 0 Å². The topological polar surface area (TPSA) is 75.7 Å². The molecule has 0 aromatic heterocycles. The fourth-order valence-corrected chi connectivity index (χ4v) is 4.39. The molecule has 0 atom stereocenters. The van der Waals surface area contributed by atoms with Gasteiger partial charge in [0.2, 0.25) is 10.0 Å². The molecule has 0 fully saturated rings. The highest BCUT2D eigenvalue weighted by Gasteiger charge is 2.20. The summed E-state index contributed by atoms with van der Waals surface area (Å²) < 4.78 is 32.0. The van der Waals surface area contributed by atoms with Crippen molar-refractivity contribution in [1.82, 2.24) is 4.31 Å². The van der Waals surface area contributed by atoms with E-state index < -0.39 is 10.0 Å². The van der Waals surface area contributed by atoms with Crippen molar-refractivity contribution >= 4 is 33.1 Å². The predicted molar refractivity (Wildman–Crippen MR) is 122 cm³/mol. The van der Waals surface area contributed by atoms with Crippen molar-refractivity contribution in [3.63, 3.8) is 0 Å². The number of carbonyl (C=O) groups excluding carboxylic acids is 1. The number of nitrogens with one attached hydrogen (secondary N) is 1. The third-order valence-corrected chi connectivity index (χ3v) is 6.85. The van der Waals surface area contributed by atoms with Gasteiger partial charge in [0.1, 0.15) is 5.75 Å². The van der Waals surface area contributed by atoms with Gasteiger partial charge in [0, 0.05) is 24.8 Å². The van der Waals surface area contributed by atoms with E-state index in [1.165, 1.54) is 23.5 Å². The second kappa shape index (κ2) is 9.96. The first-order valence-electron chi connectivity index (χ1n) is 9.52. The van der Waals surface area contributed by atoms with E-state index in [2.05, 4.69) is 5.32 Å². The van der Waals surface area contributed by atoms with Gasteiger partial charge in [0.05, 0.1) is 23.6 Å². The second-order valence-corrected chi connectivity index (χ2v) is 9.35. The van der Waals surface area contributed by atoms with Gasteiger partial charge in [-0.3, -0.25) is 4.79 Å². The van der Waals surface area contributed by atoms with Crippen LogP contribution in [0, 0.1) is 0 Å². The minimum Gasteiger partial charge on any atom is -0.495 e. The fourth-order valence-electron chi connectivity index (χ4n) is 2.97. The number of nitrogens with zero attached hydrogens (tertiary/aromatic N) is 1. The first-order chi connectivity index (χ1) is 14.8. The van der Waals surface area contributed by atoms with Crippen molar-refractivity contribution in [2.24, 2.45) is 0 Å². The fraction of sp³-hybridized carbons (Fsp3) is 0.174. The van der Waals surface area contributed by atoms with Crippen LogP contribution in [0.2, 0.25) is 5.02 Å². The first-order valence-corrected chi connectivity index (χ1v) is 11.3. The number of Topliss-reactive ketones (excluding diaryl/α,β-unsaturated/α-hetero) is 1. The van der Waals surface area contributed by atoms with E-state index >= 15 is 0 Å². The zero-order valence-electron chi connectivity index (χ0n) is 17.2. The third-order valence-electron chi connectivity index (χ3n) is 4.74. The lowest BCUT2D eigenvalue weighted by atomic mass is 10.1. The molecule has 0 bridgehead atoms. The van der Waals surface area contributed by atoms with Crippen LogP contribution in [0.25, 0.3) is 0 Å². The molecule has 0 amide bonds. The summed E-state index contributed by atoms with van der Waals surface area (Å²) in [4.78, 5) is 12.6. The molecule has 0 saturated heterocycles. The molecule has 0 saturated carbocycles. The van der Waals surface area contributed by atoms with E-state index in [0.29, 0.717) is 22.0 Å². The number of carbonyl (C=O) groups is 1. The Balaban J connectivity index is 1.63. The summed E-state index contributed by atoms with van der Waals surface area (Å²) in [6.07, 6.45) is 0. The van der Waals surface area contributed by atoms with Crippen LogP contribution in [-0.2, 0) is 16.6 Å². The van der Waals surface area contributed by atoms with Crippen LogP contribution in [0.1, 0.15) is 15.9 Å². The number of hydrogen-bond acceptors (Lipinski definition) is 5. The van der Waals surface area contributed by atoms with Gasteiger partial charge in [0.15, 0.2) is 5.78 Å². The Bertz CT molecular complexity index is 1150. The maximum Gasteiger partial charge on any atom is 0.243 e. The van der Waals surface area contributed by atoms with Gasteiger partial charge in [-0.1, -0.05) is 41.9 Å². The normalized spacial score (nSPS) is 11.4. The van der Waals surface area contributed by atoms with Crippen LogP contribution in [0.15, 0.2) is 77.7 Å². The molecule has 0 radical (unpaired) electrons. The number of methoxy groups -OCH3 is 1. The largest absolute Gasteiger partial charge is 0.495 e. The summed E-state index contributed by atoms with van der Waals surface area (Å²) in [5, 5.41) is 3.37. The monoisotopic (exact) mass is 458 g/mol. The molecule has 3 rings (SSSR count). The van der Waals surface area contributed by atoms with E-state index in [1.54, 1.807) is 37.4 Å². The highest BCUT2D eigenvalue weighted by molar-refractivity contribution is 7.89. The van der Waals surface area contributed by atoms with Crippen molar-refractivity contribution in [3.05, 3.63) is 88.9 Å². The molecule has 162 valence electrons. The van der Waals surface area contributed by atoms with Gasteiger partial charge < -0.3 is 10.1 Å². The number of hydrogen-bond donors (Lipinski definition) is 1. The highest BCUT2D eigenvalue weighted by atomic mass is 35.5. The van der Waals surface area contributed by atoms with Gasteiger partial charge in [-0.15, -0.1) is 0 Å². The molecule has 0 aliphatic heterocycles. The molecule has 8 heteroatoms. The molecule has 3 aromatic carbocycles. The maximum absolute atomic E-state index is 12.8. The average molecular weight is 459 g/mol. The van der Waals surface area contributed by atoms with E-state index in [-0.39, 0.29) is 23.8 Å². The third kappa shape index (κ3) is 5.64. The lowest BCUT2D eigenvalue weighted by Gasteiger charge is -2.17. The Kier molecular flexibility index (Phi) is 7.33. The zero-order chi connectivity index (χ0) is 22.4. The summed E-state index contributed by atoms with van der Waals surface area (Å²) >= 11 is 6.07. The Morgan fingerprint density at radius 3 is 2.32 bits per heavy atom. The summed E-state index contributed by atoms with van der Waals surface area (Å²) in [6.45, 7) is 0.324. The van der Waals surface area contributed by atoms with E-state index in [4.69, 9.17) is 16.3 Å². The Morgan fingerprint density at radius 1 is 1.03 bits per heavy atom. The Morgan fingerprint density at radius 2 is 1.71 bits per heavy atom. The summed E-state index contributed by atoms with van der Waals surface area (Å²) in [6, 6.07) is 20.6. The van der Waals surface area contributed by atoms with Gasteiger partial charge in [-0.25, -0.2) is 8.42 Å². The first kappa shape index (κ1) is 22.8. The number of halogens is 1. The van der Waals surface area contributed by atoms with Crippen molar-refractivity contribution < 1.29 is 17.9 Å².